The largest absolute Gasteiger partial charge is 0.481 e. The highest BCUT2D eigenvalue weighted by atomic mass is 16.4. The van der Waals surface area contributed by atoms with Gasteiger partial charge in [0.15, 0.2) is 5.78 Å². The Hall–Kier alpha value is -4.21. The Labute approximate surface area is 227 Å². The first-order chi connectivity index (χ1) is 18.6. The number of nitrogen functional groups attached to an aromatic ring is 1. The summed E-state index contributed by atoms with van der Waals surface area (Å²) in [6.07, 6.45) is 3.18. The maximum absolute atomic E-state index is 13.5. The number of carboxylic acid groups (broad SMARTS) is 1. The third-order valence-electron chi connectivity index (χ3n) is 7.01. The molecule has 7 N–H and O–H groups in total. The maximum Gasteiger partial charge on any atom is 0.303 e. The number of aryl methyl sites for hydroxylation is 2. The monoisotopic (exact) mass is 536 g/mol. The lowest BCUT2D eigenvalue weighted by Gasteiger charge is -2.23. The number of rotatable bonds is 8. The highest BCUT2D eigenvalue weighted by Crippen LogP contribution is 2.26. The van der Waals surface area contributed by atoms with Gasteiger partial charge in [-0.05, 0) is 61.1 Å². The summed E-state index contributed by atoms with van der Waals surface area (Å²) >= 11 is 0. The molecule has 0 saturated heterocycles. The molecule has 2 aromatic carbocycles. The van der Waals surface area contributed by atoms with Gasteiger partial charge in [0, 0.05) is 41.3 Å². The molecule has 0 bridgehead atoms. The number of aliphatic carboxylic acids is 1. The second kappa shape index (κ2) is 13.5. The molecule has 1 heterocycles. The van der Waals surface area contributed by atoms with Crippen LogP contribution in [0.3, 0.4) is 0 Å². The summed E-state index contributed by atoms with van der Waals surface area (Å²) in [6.45, 7) is 2.03. The van der Waals surface area contributed by atoms with Crippen LogP contribution in [-0.2, 0) is 27.2 Å². The topological polar surface area (TPSA) is 182 Å². The number of fused-ring (bicyclic) bond motifs is 2. The number of amides is 3. The summed E-state index contributed by atoms with van der Waals surface area (Å²) in [5.74, 6) is -3.77. The molecular formula is C29H36N4O6. The summed E-state index contributed by atoms with van der Waals surface area (Å²) in [5, 5.41) is 14.8. The predicted molar refractivity (Wildman–Crippen MR) is 147 cm³/mol. The molecule has 0 saturated carbocycles. The molecule has 2 aromatic rings. The Morgan fingerprint density at radius 3 is 2.41 bits per heavy atom. The van der Waals surface area contributed by atoms with E-state index in [1.165, 1.54) is 12.1 Å². The Kier molecular flexibility index (Phi) is 10.2. The number of benzene rings is 2. The average Bonchev–Trinajstić information content (AvgIpc) is 2.89. The highest BCUT2D eigenvalue weighted by Gasteiger charge is 2.29. The van der Waals surface area contributed by atoms with Crippen molar-refractivity contribution in [3.05, 3.63) is 58.7 Å². The van der Waals surface area contributed by atoms with Crippen molar-refractivity contribution in [1.82, 2.24) is 5.32 Å². The number of carboxylic acids is 1. The van der Waals surface area contributed by atoms with E-state index in [2.05, 4.69) is 10.6 Å². The van der Waals surface area contributed by atoms with Gasteiger partial charge in [-0.1, -0.05) is 38.3 Å². The zero-order valence-electron chi connectivity index (χ0n) is 22.1. The zero-order valence-corrected chi connectivity index (χ0v) is 22.1. The summed E-state index contributed by atoms with van der Waals surface area (Å²) in [6, 6.07) is 8.67. The lowest BCUT2D eigenvalue weighted by Crippen LogP contribution is -2.43. The van der Waals surface area contributed by atoms with Crippen molar-refractivity contribution in [1.29, 1.82) is 0 Å². The minimum absolute atomic E-state index is 0.105. The van der Waals surface area contributed by atoms with Crippen LogP contribution < -0.4 is 22.1 Å². The number of hydrogen-bond donors (Lipinski definition) is 5. The number of carbonyl (C=O) groups excluding carboxylic acids is 4. The van der Waals surface area contributed by atoms with Gasteiger partial charge in [0.25, 0.3) is 5.91 Å². The van der Waals surface area contributed by atoms with Gasteiger partial charge < -0.3 is 27.2 Å². The van der Waals surface area contributed by atoms with Crippen molar-refractivity contribution < 1.29 is 29.1 Å². The number of carbonyl (C=O) groups is 5. The Bertz CT molecular complexity index is 1260. The number of anilines is 2. The molecule has 1 aliphatic heterocycles. The number of primary amides is 1. The summed E-state index contributed by atoms with van der Waals surface area (Å²) in [5.41, 5.74) is 14.2. The third kappa shape index (κ3) is 8.13. The molecule has 2 atom stereocenters. The number of hydrogen-bond acceptors (Lipinski definition) is 6. The molecule has 1 unspecified atom stereocenters. The Morgan fingerprint density at radius 2 is 1.72 bits per heavy atom. The zero-order chi connectivity index (χ0) is 28.5. The van der Waals surface area contributed by atoms with Crippen LogP contribution in [-0.4, -0.2) is 40.6 Å². The fourth-order valence-electron chi connectivity index (χ4n) is 4.76. The van der Waals surface area contributed by atoms with E-state index in [4.69, 9.17) is 11.5 Å². The van der Waals surface area contributed by atoms with E-state index in [0.29, 0.717) is 41.8 Å². The van der Waals surface area contributed by atoms with E-state index < -0.39 is 35.5 Å². The fraction of sp³-hybridized carbons (Fsp3) is 0.414. The van der Waals surface area contributed by atoms with E-state index in [1.54, 1.807) is 24.3 Å². The molecule has 3 rings (SSSR count). The van der Waals surface area contributed by atoms with Gasteiger partial charge in [-0.2, -0.15) is 0 Å². The van der Waals surface area contributed by atoms with Crippen molar-refractivity contribution >= 4 is 40.8 Å². The molecule has 10 heteroatoms. The normalized spacial score (nSPS) is 18.2. The Balaban J connectivity index is 2.07. The average molecular weight is 537 g/mol. The van der Waals surface area contributed by atoms with E-state index in [9.17, 15) is 29.1 Å². The summed E-state index contributed by atoms with van der Waals surface area (Å²) in [7, 11) is 0. The van der Waals surface area contributed by atoms with Crippen LogP contribution in [0, 0.1) is 5.92 Å². The van der Waals surface area contributed by atoms with Crippen molar-refractivity contribution in [3.63, 3.8) is 0 Å². The molecule has 0 spiro atoms. The van der Waals surface area contributed by atoms with Crippen LogP contribution in [0.15, 0.2) is 36.4 Å². The van der Waals surface area contributed by atoms with E-state index in [1.807, 2.05) is 6.92 Å². The lowest BCUT2D eigenvalue weighted by atomic mass is 9.90. The fourth-order valence-corrected chi connectivity index (χ4v) is 4.76. The number of nitrogens with one attached hydrogen (secondary N) is 2. The van der Waals surface area contributed by atoms with E-state index in [0.717, 1.165) is 24.8 Å². The molecule has 208 valence electrons. The highest BCUT2D eigenvalue weighted by molar-refractivity contribution is 6.02. The number of nitrogens with two attached hydrogens (primary N) is 2. The SMILES string of the molecule is CCCCC[C@@H]1CC(=O)C(CCC(=O)O)NC(=O)c2cc(N)ccc2CCc2ccc(C(N)=O)cc2NC1=O. The molecule has 0 fully saturated rings. The first-order valence-electron chi connectivity index (χ1n) is 13.3. The third-order valence-corrected chi connectivity index (χ3v) is 7.01. The molecule has 0 radical (unpaired) electrons. The minimum Gasteiger partial charge on any atom is -0.481 e. The molecule has 0 aliphatic carbocycles. The predicted octanol–water partition coefficient (Wildman–Crippen LogP) is 3.22. The standard InChI is InChI=1S/C29H36N4O6/c1-2-3-4-5-20-15-25(34)23(12-13-26(35)36)32-29(39)22-16-21(30)11-10-17(22)6-7-18-8-9-19(27(31)37)14-24(18)33-28(20)38/h8-11,14,16,20,23H,2-7,12-13,15,30H2,1H3,(H2,31,37)(H,32,39)(H,33,38)(H,35,36)/t20-,23?/m1/s1. The molecule has 10 nitrogen and oxygen atoms in total. The van der Waals surface area contributed by atoms with Gasteiger partial charge >= 0.3 is 5.97 Å². The first kappa shape index (κ1) is 29.3. The van der Waals surface area contributed by atoms with Crippen molar-refractivity contribution in [2.24, 2.45) is 11.7 Å². The van der Waals surface area contributed by atoms with E-state index >= 15 is 0 Å². The quantitative estimate of drug-likeness (QED) is 0.253. The van der Waals surface area contributed by atoms with E-state index in [-0.39, 0.29) is 30.7 Å². The van der Waals surface area contributed by atoms with Crippen LogP contribution in [0.25, 0.3) is 0 Å². The second-order valence-corrected chi connectivity index (χ2v) is 9.96. The lowest BCUT2D eigenvalue weighted by molar-refractivity contribution is -0.137. The van der Waals surface area contributed by atoms with Crippen LogP contribution in [0.4, 0.5) is 11.4 Å². The van der Waals surface area contributed by atoms with Crippen LogP contribution in [0.5, 0.6) is 0 Å². The molecule has 3 amide bonds. The van der Waals surface area contributed by atoms with Crippen molar-refractivity contribution in [2.75, 3.05) is 11.1 Å². The van der Waals surface area contributed by atoms with Crippen LogP contribution in [0.1, 0.15) is 83.7 Å². The van der Waals surface area contributed by atoms with Gasteiger partial charge in [0.2, 0.25) is 11.8 Å². The molecule has 0 aromatic heterocycles. The smallest absolute Gasteiger partial charge is 0.303 e. The van der Waals surface area contributed by atoms with Gasteiger partial charge in [-0.15, -0.1) is 0 Å². The number of unbranched alkanes of at least 4 members (excludes halogenated alkanes) is 2. The van der Waals surface area contributed by atoms with Crippen molar-refractivity contribution in [2.45, 2.75) is 70.8 Å². The number of Topliss-reactive ketones (excluding diaryl/α,β-unsaturated/α-hetero) is 1. The molecule has 1 aliphatic rings. The summed E-state index contributed by atoms with van der Waals surface area (Å²) < 4.78 is 0. The minimum atomic E-state index is -1.10. The van der Waals surface area contributed by atoms with Gasteiger partial charge in [0.1, 0.15) is 0 Å². The first-order valence-corrected chi connectivity index (χ1v) is 13.3. The van der Waals surface area contributed by atoms with Gasteiger partial charge in [-0.3, -0.25) is 24.0 Å². The molecule has 39 heavy (non-hydrogen) atoms. The maximum atomic E-state index is 13.5. The summed E-state index contributed by atoms with van der Waals surface area (Å²) in [4.78, 5) is 63.4. The number of ketones is 1. The molecular weight excluding hydrogens is 500 g/mol. The Morgan fingerprint density at radius 1 is 1.00 bits per heavy atom. The van der Waals surface area contributed by atoms with Gasteiger partial charge in [-0.25, -0.2) is 0 Å². The van der Waals surface area contributed by atoms with Crippen molar-refractivity contribution in [3.8, 4) is 0 Å². The van der Waals surface area contributed by atoms with Crippen LogP contribution >= 0.6 is 0 Å². The van der Waals surface area contributed by atoms with Crippen LogP contribution in [0.2, 0.25) is 0 Å². The van der Waals surface area contributed by atoms with Gasteiger partial charge in [0.05, 0.1) is 6.04 Å². The second-order valence-electron chi connectivity index (χ2n) is 9.96.